The van der Waals surface area contributed by atoms with Crippen LogP contribution in [0.3, 0.4) is 0 Å². The molecule has 0 saturated carbocycles. The number of hydrogen-bond donors (Lipinski definition) is 1. The highest BCUT2D eigenvalue weighted by Crippen LogP contribution is 2.12. The summed E-state index contributed by atoms with van der Waals surface area (Å²) in [4.78, 5) is 0. The molecule has 3 heteroatoms. The van der Waals surface area contributed by atoms with Gasteiger partial charge in [0.25, 0.3) is 0 Å². The number of rotatable bonds is 12. The van der Waals surface area contributed by atoms with Crippen LogP contribution in [0.5, 0.6) is 5.75 Å². The summed E-state index contributed by atoms with van der Waals surface area (Å²) in [6.45, 7) is 8.28. The summed E-state index contributed by atoms with van der Waals surface area (Å²) < 4.78 is 10.8. The Morgan fingerprint density at radius 2 is 1.75 bits per heavy atom. The van der Waals surface area contributed by atoms with Crippen LogP contribution in [0, 0.1) is 0 Å². The van der Waals surface area contributed by atoms with Crippen molar-refractivity contribution in [2.24, 2.45) is 0 Å². The number of ether oxygens (including phenoxy) is 2. The molecule has 0 aromatic heterocycles. The maximum Gasteiger partial charge on any atom is 0.119 e. The van der Waals surface area contributed by atoms with Crippen molar-refractivity contribution in [2.75, 3.05) is 26.4 Å². The minimum Gasteiger partial charge on any atom is -0.491 e. The van der Waals surface area contributed by atoms with E-state index in [1.54, 1.807) is 0 Å². The Bertz CT molecular complexity index is 324. The smallest absolute Gasteiger partial charge is 0.119 e. The topological polar surface area (TPSA) is 30.5 Å². The van der Waals surface area contributed by atoms with Gasteiger partial charge in [0.05, 0.1) is 6.61 Å². The van der Waals surface area contributed by atoms with Crippen molar-refractivity contribution in [1.29, 1.82) is 0 Å². The SMILES string of the molecule is CCCCCCNCc1ccc(OCCOCC)cc1. The molecule has 0 unspecified atom stereocenters. The van der Waals surface area contributed by atoms with E-state index >= 15 is 0 Å². The third kappa shape index (κ3) is 8.18. The largest absolute Gasteiger partial charge is 0.491 e. The molecule has 0 amide bonds. The first-order valence-electron chi connectivity index (χ1n) is 7.87. The van der Waals surface area contributed by atoms with Gasteiger partial charge in [0.1, 0.15) is 12.4 Å². The summed E-state index contributed by atoms with van der Waals surface area (Å²) in [5, 5.41) is 3.48. The van der Waals surface area contributed by atoms with Crippen LogP contribution < -0.4 is 10.1 Å². The highest BCUT2D eigenvalue weighted by atomic mass is 16.5. The van der Waals surface area contributed by atoms with E-state index in [1.807, 2.05) is 19.1 Å². The first-order chi connectivity index (χ1) is 9.86. The molecule has 0 radical (unpaired) electrons. The summed E-state index contributed by atoms with van der Waals surface area (Å²) in [5.41, 5.74) is 1.30. The maximum atomic E-state index is 5.59. The van der Waals surface area contributed by atoms with Gasteiger partial charge >= 0.3 is 0 Å². The molecule has 20 heavy (non-hydrogen) atoms. The van der Waals surface area contributed by atoms with Crippen molar-refractivity contribution in [2.45, 2.75) is 46.1 Å². The lowest BCUT2D eigenvalue weighted by molar-refractivity contribution is 0.110. The van der Waals surface area contributed by atoms with E-state index in [9.17, 15) is 0 Å². The van der Waals surface area contributed by atoms with Gasteiger partial charge in [0.15, 0.2) is 0 Å². The predicted molar refractivity (Wildman–Crippen MR) is 84.3 cm³/mol. The van der Waals surface area contributed by atoms with Crippen LogP contribution in [0.4, 0.5) is 0 Å². The highest BCUT2D eigenvalue weighted by Gasteiger charge is 1.96. The molecule has 1 aromatic rings. The van der Waals surface area contributed by atoms with Gasteiger partial charge in [-0.15, -0.1) is 0 Å². The number of unbranched alkanes of at least 4 members (excludes halogenated alkanes) is 3. The summed E-state index contributed by atoms with van der Waals surface area (Å²) in [6.07, 6.45) is 5.24. The van der Waals surface area contributed by atoms with Gasteiger partial charge in [-0.2, -0.15) is 0 Å². The van der Waals surface area contributed by atoms with Crippen molar-refractivity contribution in [1.82, 2.24) is 5.32 Å². The predicted octanol–water partition coefficient (Wildman–Crippen LogP) is 3.77. The molecule has 0 aliphatic heterocycles. The monoisotopic (exact) mass is 279 g/mol. The lowest BCUT2D eigenvalue weighted by atomic mass is 10.2. The number of benzene rings is 1. The normalized spacial score (nSPS) is 10.7. The molecule has 1 N–H and O–H groups in total. The molecule has 114 valence electrons. The zero-order valence-electron chi connectivity index (χ0n) is 13.0. The van der Waals surface area contributed by atoms with Crippen molar-refractivity contribution < 1.29 is 9.47 Å². The van der Waals surface area contributed by atoms with Crippen molar-refractivity contribution in [3.05, 3.63) is 29.8 Å². The average Bonchev–Trinajstić information content (AvgIpc) is 2.49. The van der Waals surface area contributed by atoms with E-state index in [-0.39, 0.29) is 0 Å². The fourth-order valence-corrected chi connectivity index (χ4v) is 1.98. The fourth-order valence-electron chi connectivity index (χ4n) is 1.98. The van der Waals surface area contributed by atoms with Crippen molar-refractivity contribution in [3.8, 4) is 5.75 Å². The second-order valence-electron chi connectivity index (χ2n) is 4.93. The summed E-state index contributed by atoms with van der Waals surface area (Å²) >= 11 is 0. The van der Waals surface area contributed by atoms with Crippen LogP contribution in [0.2, 0.25) is 0 Å². The van der Waals surface area contributed by atoms with Gasteiger partial charge in [-0.1, -0.05) is 38.3 Å². The van der Waals surface area contributed by atoms with E-state index < -0.39 is 0 Å². The van der Waals surface area contributed by atoms with Gasteiger partial charge in [0, 0.05) is 13.2 Å². The minimum absolute atomic E-state index is 0.614. The number of nitrogens with one attached hydrogen (secondary N) is 1. The summed E-state index contributed by atoms with van der Waals surface area (Å²) in [6, 6.07) is 8.30. The molecule has 0 saturated heterocycles. The van der Waals surface area contributed by atoms with Gasteiger partial charge in [-0.25, -0.2) is 0 Å². The van der Waals surface area contributed by atoms with Gasteiger partial charge in [-0.3, -0.25) is 0 Å². The maximum absolute atomic E-state index is 5.59. The second kappa shape index (κ2) is 11.7. The van der Waals surface area contributed by atoms with E-state index in [4.69, 9.17) is 9.47 Å². The molecular weight excluding hydrogens is 250 g/mol. The quantitative estimate of drug-likeness (QED) is 0.591. The molecular formula is C17H29NO2. The molecule has 1 aromatic carbocycles. The van der Waals surface area contributed by atoms with E-state index in [2.05, 4.69) is 24.4 Å². The van der Waals surface area contributed by atoms with Crippen LogP contribution in [0.25, 0.3) is 0 Å². The molecule has 0 aliphatic carbocycles. The molecule has 0 fully saturated rings. The van der Waals surface area contributed by atoms with Crippen LogP contribution in [-0.4, -0.2) is 26.4 Å². The molecule has 0 atom stereocenters. The second-order valence-corrected chi connectivity index (χ2v) is 4.93. The van der Waals surface area contributed by atoms with Crippen LogP contribution in [-0.2, 0) is 11.3 Å². The molecule has 0 spiro atoms. The molecule has 3 nitrogen and oxygen atoms in total. The van der Waals surface area contributed by atoms with Gasteiger partial charge in [0.2, 0.25) is 0 Å². The van der Waals surface area contributed by atoms with Crippen LogP contribution in [0.15, 0.2) is 24.3 Å². The van der Waals surface area contributed by atoms with E-state index in [1.165, 1.54) is 31.2 Å². The number of hydrogen-bond acceptors (Lipinski definition) is 3. The molecule has 0 bridgehead atoms. The average molecular weight is 279 g/mol. The lowest BCUT2D eigenvalue weighted by Gasteiger charge is -2.08. The van der Waals surface area contributed by atoms with Crippen LogP contribution in [0.1, 0.15) is 45.1 Å². The first kappa shape index (κ1) is 17.0. The van der Waals surface area contributed by atoms with Gasteiger partial charge < -0.3 is 14.8 Å². The standard InChI is InChI=1S/C17H29NO2/c1-3-5-6-7-12-18-15-16-8-10-17(11-9-16)20-14-13-19-4-2/h8-11,18H,3-7,12-15H2,1-2H3. The lowest BCUT2D eigenvalue weighted by Crippen LogP contribution is -2.14. The third-order valence-electron chi connectivity index (χ3n) is 3.16. The third-order valence-corrected chi connectivity index (χ3v) is 3.16. The molecule has 0 heterocycles. The Hall–Kier alpha value is -1.06. The molecule has 0 aliphatic rings. The zero-order chi connectivity index (χ0) is 14.5. The zero-order valence-corrected chi connectivity index (χ0v) is 13.0. The minimum atomic E-state index is 0.614. The van der Waals surface area contributed by atoms with E-state index in [0.29, 0.717) is 13.2 Å². The Kier molecular flexibility index (Phi) is 9.98. The Morgan fingerprint density at radius 1 is 0.950 bits per heavy atom. The summed E-state index contributed by atoms with van der Waals surface area (Å²) in [7, 11) is 0. The van der Waals surface area contributed by atoms with Gasteiger partial charge in [-0.05, 0) is 37.6 Å². The highest BCUT2D eigenvalue weighted by molar-refractivity contribution is 5.27. The van der Waals surface area contributed by atoms with E-state index in [0.717, 1.165) is 25.4 Å². The van der Waals surface area contributed by atoms with Crippen molar-refractivity contribution >= 4 is 0 Å². The Balaban J connectivity index is 2.12. The van der Waals surface area contributed by atoms with Crippen LogP contribution >= 0.6 is 0 Å². The first-order valence-corrected chi connectivity index (χ1v) is 7.87. The van der Waals surface area contributed by atoms with Crippen molar-refractivity contribution in [3.63, 3.8) is 0 Å². The fraction of sp³-hybridized carbons (Fsp3) is 0.647. The summed E-state index contributed by atoms with van der Waals surface area (Å²) in [5.74, 6) is 0.913. The molecule has 1 rings (SSSR count). The Morgan fingerprint density at radius 3 is 2.45 bits per heavy atom. The Labute approximate surface area is 123 Å².